The number of nitrogens with two attached hydrogens (primary N) is 1. The van der Waals surface area contributed by atoms with Gasteiger partial charge in [0, 0.05) is 23.3 Å². The van der Waals surface area contributed by atoms with Crippen LogP contribution in [-0.4, -0.2) is 23.8 Å². The molecule has 0 radical (unpaired) electrons. The molecule has 7 heteroatoms. The summed E-state index contributed by atoms with van der Waals surface area (Å²) < 4.78 is 5.34. The molecule has 2 aromatic carbocycles. The van der Waals surface area contributed by atoms with Crippen LogP contribution in [0.3, 0.4) is 0 Å². The molecule has 1 unspecified atom stereocenters. The lowest BCUT2D eigenvalue weighted by Crippen LogP contribution is -2.48. The summed E-state index contributed by atoms with van der Waals surface area (Å²) in [6, 6.07) is 16.6. The van der Waals surface area contributed by atoms with Crippen molar-refractivity contribution in [3.8, 4) is 11.8 Å². The number of hydrazine groups is 1. The van der Waals surface area contributed by atoms with E-state index in [9.17, 15) is 14.9 Å². The van der Waals surface area contributed by atoms with Crippen LogP contribution >= 0.6 is 0 Å². The highest BCUT2D eigenvalue weighted by molar-refractivity contribution is 6.00. The van der Waals surface area contributed by atoms with E-state index in [2.05, 4.69) is 11.5 Å². The van der Waals surface area contributed by atoms with Gasteiger partial charge in [-0.15, -0.1) is 0 Å². The average molecular weight is 428 g/mol. The monoisotopic (exact) mass is 428 g/mol. The lowest BCUT2D eigenvalue weighted by atomic mass is 9.76. The molecule has 1 aliphatic carbocycles. The molecule has 4 rings (SSSR count). The van der Waals surface area contributed by atoms with Gasteiger partial charge in [0.25, 0.3) is 5.91 Å². The quantitative estimate of drug-likeness (QED) is 0.772. The van der Waals surface area contributed by atoms with Crippen molar-refractivity contribution < 1.29 is 14.3 Å². The molecule has 0 saturated heterocycles. The molecule has 0 spiro atoms. The van der Waals surface area contributed by atoms with Gasteiger partial charge in [0.1, 0.15) is 11.6 Å². The van der Waals surface area contributed by atoms with Gasteiger partial charge in [-0.1, -0.05) is 29.8 Å². The number of nitrogens with zero attached hydrogens (tertiary/aromatic N) is 2. The Morgan fingerprint density at radius 3 is 2.66 bits per heavy atom. The summed E-state index contributed by atoms with van der Waals surface area (Å²) >= 11 is 0. The zero-order chi connectivity index (χ0) is 22.8. The summed E-state index contributed by atoms with van der Waals surface area (Å²) in [5.41, 5.74) is 12.8. The molecule has 162 valence electrons. The van der Waals surface area contributed by atoms with Crippen molar-refractivity contribution >= 4 is 11.7 Å². The number of hydrogen-bond donors (Lipinski definition) is 2. The molecule has 32 heavy (non-hydrogen) atoms. The zero-order valence-corrected chi connectivity index (χ0v) is 18.0. The Bertz CT molecular complexity index is 1190. The summed E-state index contributed by atoms with van der Waals surface area (Å²) in [5.74, 6) is -0.276. The molecule has 7 nitrogen and oxygen atoms in total. The first-order valence-electron chi connectivity index (χ1n) is 10.4. The summed E-state index contributed by atoms with van der Waals surface area (Å²) in [6.07, 6.45) is 1.60. The van der Waals surface area contributed by atoms with Gasteiger partial charge in [0.05, 0.1) is 24.7 Å². The minimum atomic E-state index is -0.606. The summed E-state index contributed by atoms with van der Waals surface area (Å²) in [7, 11) is 1.56. The minimum Gasteiger partial charge on any atom is -0.497 e. The molecule has 0 aromatic heterocycles. The van der Waals surface area contributed by atoms with Crippen LogP contribution in [0.5, 0.6) is 5.75 Å². The first-order chi connectivity index (χ1) is 15.4. The molecule has 1 aliphatic heterocycles. The second-order valence-corrected chi connectivity index (χ2v) is 7.90. The molecular weight excluding hydrogens is 404 g/mol. The van der Waals surface area contributed by atoms with E-state index in [4.69, 9.17) is 10.5 Å². The van der Waals surface area contributed by atoms with Gasteiger partial charge in [-0.25, -0.2) is 5.01 Å². The molecule has 1 heterocycles. The van der Waals surface area contributed by atoms with E-state index in [1.165, 1.54) is 5.01 Å². The fourth-order valence-corrected chi connectivity index (χ4v) is 4.24. The molecule has 3 N–H and O–H groups in total. The maximum atomic E-state index is 13.1. The Morgan fingerprint density at radius 2 is 1.97 bits per heavy atom. The van der Waals surface area contributed by atoms with Crippen molar-refractivity contribution in [3.05, 3.63) is 87.9 Å². The van der Waals surface area contributed by atoms with Gasteiger partial charge in [-0.3, -0.25) is 15.0 Å². The highest BCUT2D eigenvalue weighted by Gasteiger charge is 2.40. The minimum absolute atomic E-state index is 0.0473. The van der Waals surface area contributed by atoms with Crippen molar-refractivity contribution in [3.63, 3.8) is 0 Å². The second-order valence-electron chi connectivity index (χ2n) is 7.90. The zero-order valence-electron chi connectivity index (χ0n) is 18.0. The predicted molar refractivity (Wildman–Crippen MR) is 119 cm³/mol. The van der Waals surface area contributed by atoms with Crippen LogP contribution < -0.4 is 15.9 Å². The Hall–Kier alpha value is -4.05. The number of aryl methyl sites for hydroxylation is 1. The van der Waals surface area contributed by atoms with E-state index in [1.807, 2.05) is 37.3 Å². The predicted octanol–water partition coefficient (Wildman–Crippen LogP) is 3.45. The van der Waals surface area contributed by atoms with Gasteiger partial charge in [-0.2, -0.15) is 5.26 Å². The number of nitriles is 1. The van der Waals surface area contributed by atoms with Crippen molar-refractivity contribution in [2.75, 3.05) is 7.11 Å². The number of allylic oxidation sites excluding steroid dienone is 3. The average Bonchev–Trinajstić information content (AvgIpc) is 2.81. The Morgan fingerprint density at radius 1 is 1.22 bits per heavy atom. The van der Waals surface area contributed by atoms with Crippen LogP contribution in [0.15, 0.2) is 71.2 Å². The summed E-state index contributed by atoms with van der Waals surface area (Å²) in [4.78, 5) is 26.0. The molecule has 0 fully saturated rings. The van der Waals surface area contributed by atoms with E-state index in [1.54, 1.807) is 25.3 Å². The van der Waals surface area contributed by atoms with E-state index in [0.29, 0.717) is 41.8 Å². The van der Waals surface area contributed by atoms with E-state index < -0.39 is 5.92 Å². The van der Waals surface area contributed by atoms with Gasteiger partial charge in [-0.05, 0) is 49.6 Å². The number of ketones is 1. The number of hydrogen-bond acceptors (Lipinski definition) is 6. The number of carbonyl (C=O) groups is 2. The van der Waals surface area contributed by atoms with Gasteiger partial charge < -0.3 is 10.5 Å². The van der Waals surface area contributed by atoms with Gasteiger partial charge >= 0.3 is 0 Å². The molecule has 1 atom stereocenters. The van der Waals surface area contributed by atoms with Gasteiger partial charge in [0.2, 0.25) is 0 Å². The fraction of sp³-hybridized carbons (Fsp3) is 0.240. The third-order valence-corrected chi connectivity index (χ3v) is 5.87. The number of nitrogens with one attached hydrogen (secondary N) is 1. The number of benzene rings is 2. The van der Waals surface area contributed by atoms with Gasteiger partial charge in [0.15, 0.2) is 5.78 Å². The third kappa shape index (κ3) is 3.71. The maximum absolute atomic E-state index is 13.1. The molecule has 0 bridgehead atoms. The lowest BCUT2D eigenvalue weighted by molar-refractivity contribution is -0.116. The van der Waals surface area contributed by atoms with E-state index in [0.717, 1.165) is 11.1 Å². The molecule has 2 aromatic rings. The number of ether oxygens (including phenoxy) is 1. The van der Waals surface area contributed by atoms with E-state index >= 15 is 0 Å². The van der Waals surface area contributed by atoms with Crippen LogP contribution in [0.1, 0.15) is 46.7 Å². The second kappa shape index (κ2) is 8.60. The van der Waals surface area contributed by atoms with Crippen molar-refractivity contribution in [1.29, 1.82) is 5.26 Å². The fourth-order valence-electron chi connectivity index (χ4n) is 4.24. The van der Waals surface area contributed by atoms with Crippen LogP contribution in [-0.2, 0) is 4.79 Å². The molecular formula is C25H24N4O3. The first kappa shape index (κ1) is 21.2. The summed E-state index contributed by atoms with van der Waals surface area (Å²) in [6.45, 7) is 1.94. The molecule has 0 saturated carbocycles. The topological polar surface area (TPSA) is 108 Å². The normalized spacial score (nSPS) is 18.2. The number of amides is 1. The number of methoxy groups -OCH3 is 1. The number of rotatable bonds is 4. The van der Waals surface area contributed by atoms with Crippen LogP contribution in [0, 0.1) is 18.3 Å². The SMILES string of the molecule is COc1cccc(C2C(C#N)=C(N)N(NC(=O)c3ccc(C)cc3)C3=C2C(=O)CCC3)c1. The Labute approximate surface area is 186 Å². The van der Waals surface area contributed by atoms with Crippen molar-refractivity contribution in [2.24, 2.45) is 5.73 Å². The van der Waals surface area contributed by atoms with Crippen LogP contribution in [0.25, 0.3) is 0 Å². The number of carbonyl (C=O) groups excluding carboxylic acids is 2. The Balaban J connectivity index is 1.80. The van der Waals surface area contributed by atoms with Crippen molar-refractivity contribution in [1.82, 2.24) is 10.4 Å². The standard InChI is InChI=1S/C25H24N4O3/c1-15-9-11-16(12-10-15)25(31)28-29-20-7-4-8-21(30)23(20)22(19(14-26)24(29)27)17-5-3-6-18(13-17)32-2/h3,5-6,9-13,22H,4,7-8,27H2,1-2H3,(H,28,31). The smallest absolute Gasteiger partial charge is 0.270 e. The lowest BCUT2D eigenvalue weighted by Gasteiger charge is -2.39. The highest BCUT2D eigenvalue weighted by Crippen LogP contribution is 2.44. The van der Waals surface area contributed by atoms with Crippen molar-refractivity contribution in [2.45, 2.75) is 32.1 Å². The third-order valence-electron chi connectivity index (χ3n) is 5.87. The summed E-state index contributed by atoms with van der Waals surface area (Å²) in [5, 5.41) is 11.4. The largest absolute Gasteiger partial charge is 0.497 e. The molecule has 1 amide bonds. The Kier molecular flexibility index (Phi) is 5.69. The van der Waals surface area contributed by atoms with Crippen LogP contribution in [0.4, 0.5) is 0 Å². The number of Topliss-reactive ketones (excluding diaryl/α,β-unsaturated/α-hetero) is 1. The maximum Gasteiger partial charge on any atom is 0.270 e. The highest BCUT2D eigenvalue weighted by atomic mass is 16.5. The molecule has 2 aliphatic rings. The van der Waals surface area contributed by atoms with E-state index in [-0.39, 0.29) is 23.1 Å². The van der Waals surface area contributed by atoms with Crippen LogP contribution in [0.2, 0.25) is 0 Å². The first-order valence-corrected chi connectivity index (χ1v) is 10.4.